The zero-order valence-corrected chi connectivity index (χ0v) is 20.3. The van der Waals surface area contributed by atoms with Gasteiger partial charge in [-0.3, -0.25) is 4.79 Å². The van der Waals surface area contributed by atoms with Crippen molar-refractivity contribution in [3.05, 3.63) is 24.3 Å². The van der Waals surface area contributed by atoms with Crippen LogP contribution in [0.15, 0.2) is 24.3 Å². The molecule has 2 unspecified atom stereocenters. The number of hydrogen-bond acceptors (Lipinski definition) is 4. The molecule has 0 bridgehead atoms. The molecule has 0 saturated carbocycles. The minimum atomic E-state index is -0.785. The lowest BCUT2D eigenvalue weighted by Crippen LogP contribution is -2.43. The first-order chi connectivity index (χ1) is 15.0. The number of ether oxygens (including phenoxy) is 2. The lowest BCUT2D eigenvalue weighted by molar-refractivity contribution is -0.140. The van der Waals surface area contributed by atoms with E-state index in [1.807, 2.05) is 31.2 Å². The second-order valence-electron chi connectivity index (χ2n) is 9.26. The Morgan fingerprint density at radius 2 is 1.90 bits per heavy atom. The van der Waals surface area contributed by atoms with Gasteiger partial charge in [0.15, 0.2) is 0 Å². The van der Waals surface area contributed by atoms with Crippen LogP contribution in [-0.2, 0) is 9.53 Å². The zero-order chi connectivity index (χ0) is 22.5. The van der Waals surface area contributed by atoms with Crippen LogP contribution in [0.3, 0.4) is 0 Å². The van der Waals surface area contributed by atoms with E-state index >= 15 is 0 Å². The van der Waals surface area contributed by atoms with Crippen LogP contribution in [0.4, 0.5) is 5.69 Å². The maximum Gasteiger partial charge on any atom is 0.256 e. The van der Waals surface area contributed by atoms with E-state index in [1.165, 1.54) is 25.9 Å². The largest absolute Gasteiger partial charge is 0.494 e. The molecule has 1 fully saturated rings. The highest BCUT2D eigenvalue weighted by Crippen LogP contribution is 2.24. The van der Waals surface area contributed by atoms with Crippen molar-refractivity contribution in [3.63, 3.8) is 0 Å². The fourth-order valence-corrected chi connectivity index (χ4v) is 4.16. The van der Waals surface area contributed by atoms with Crippen molar-refractivity contribution < 1.29 is 14.3 Å². The van der Waals surface area contributed by atoms with Crippen LogP contribution in [0.1, 0.15) is 79.1 Å². The van der Waals surface area contributed by atoms with E-state index in [-0.39, 0.29) is 5.91 Å². The van der Waals surface area contributed by atoms with Gasteiger partial charge in [-0.15, -0.1) is 0 Å². The van der Waals surface area contributed by atoms with Gasteiger partial charge in [-0.25, -0.2) is 0 Å². The Morgan fingerprint density at radius 1 is 1.13 bits per heavy atom. The van der Waals surface area contributed by atoms with Crippen LogP contribution >= 0.6 is 0 Å². The van der Waals surface area contributed by atoms with Gasteiger partial charge in [0, 0.05) is 25.4 Å². The number of amides is 1. The topological polar surface area (TPSA) is 50.8 Å². The highest BCUT2D eigenvalue weighted by molar-refractivity contribution is 5.97. The highest BCUT2D eigenvalue weighted by atomic mass is 16.5. The maximum atomic E-state index is 12.9. The van der Waals surface area contributed by atoms with E-state index in [9.17, 15) is 4.79 Å². The Kier molecular flexibility index (Phi) is 11.4. The third-order valence-electron chi connectivity index (χ3n) is 6.10. The SMILES string of the molecule is CCCCCC(C)(OCCC)C(=O)Nc1ccc(OCCCN2CCCC(C)C2)cc1. The second-order valence-corrected chi connectivity index (χ2v) is 9.26. The molecule has 0 aliphatic carbocycles. The van der Waals surface area contributed by atoms with E-state index in [0.717, 1.165) is 69.0 Å². The quantitative estimate of drug-likeness (QED) is 0.372. The molecule has 5 nitrogen and oxygen atoms in total. The molecule has 176 valence electrons. The van der Waals surface area contributed by atoms with Crippen LogP contribution in [-0.4, -0.2) is 49.3 Å². The smallest absolute Gasteiger partial charge is 0.256 e. The van der Waals surface area contributed by atoms with Gasteiger partial charge in [-0.2, -0.15) is 0 Å². The second kappa shape index (κ2) is 13.7. The number of anilines is 1. The summed E-state index contributed by atoms with van der Waals surface area (Å²) in [6.45, 7) is 13.3. The predicted molar refractivity (Wildman–Crippen MR) is 129 cm³/mol. The molecular formula is C26H44N2O3. The molecule has 2 rings (SSSR count). The van der Waals surface area contributed by atoms with Gasteiger partial charge in [0.25, 0.3) is 5.91 Å². The summed E-state index contributed by atoms with van der Waals surface area (Å²) in [5.41, 5.74) is -0.00628. The summed E-state index contributed by atoms with van der Waals surface area (Å²) in [5, 5.41) is 3.03. The molecule has 1 N–H and O–H groups in total. The molecule has 1 saturated heterocycles. The van der Waals surface area contributed by atoms with Gasteiger partial charge < -0.3 is 19.7 Å². The molecular weight excluding hydrogens is 388 g/mol. The average molecular weight is 433 g/mol. The number of carbonyl (C=O) groups is 1. The van der Waals surface area contributed by atoms with E-state index in [2.05, 4.69) is 31.0 Å². The van der Waals surface area contributed by atoms with Gasteiger partial charge in [-0.1, -0.05) is 40.0 Å². The Balaban J connectivity index is 1.78. The summed E-state index contributed by atoms with van der Waals surface area (Å²) >= 11 is 0. The molecule has 31 heavy (non-hydrogen) atoms. The van der Waals surface area contributed by atoms with Crippen LogP contribution in [0.2, 0.25) is 0 Å². The summed E-state index contributed by atoms with van der Waals surface area (Å²) in [6, 6.07) is 7.68. The normalized spacial score (nSPS) is 19.0. The van der Waals surface area contributed by atoms with Crippen molar-refractivity contribution in [2.75, 3.05) is 38.2 Å². The molecule has 1 amide bonds. The molecule has 0 spiro atoms. The number of piperidine rings is 1. The third kappa shape index (κ3) is 9.20. The number of hydrogen-bond donors (Lipinski definition) is 1. The van der Waals surface area contributed by atoms with Crippen molar-refractivity contribution in [3.8, 4) is 5.75 Å². The molecule has 1 aromatic rings. The van der Waals surface area contributed by atoms with E-state index < -0.39 is 5.60 Å². The summed E-state index contributed by atoms with van der Waals surface area (Å²) in [5.74, 6) is 1.60. The number of nitrogens with one attached hydrogen (secondary N) is 1. The van der Waals surface area contributed by atoms with Gasteiger partial charge in [0.05, 0.1) is 6.61 Å². The Morgan fingerprint density at radius 3 is 2.58 bits per heavy atom. The van der Waals surface area contributed by atoms with Crippen LogP contribution < -0.4 is 10.1 Å². The average Bonchev–Trinajstić information content (AvgIpc) is 2.76. The van der Waals surface area contributed by atoms with Crippen LogP contribution in [0.25, 0.3) is 0 Å². The number of rotatable bonds is 14. The van der Waals surface area contributed by atoms with Crippen molar-refractivity contribution in [2.45, 2.75) is 84.7 Å². The van der Waals surface area contributed by atoms with Gasteiger partial charge in [-0.05, 0) is 75.8 Å². The molecule has 1 aromatic carbocycles. The number of unbranched alkanes of at least 4 members (excludes halogenated alkanes) is 2. The van der Waals surface area contributed by atoms with E-state index in [4.69, 9.17) is 9.47 Å². The lowest BCUT2D eigenvalue weighted by atomic mass is 9.96. The first-order valence-electron chi connectivity index (χ1n) is 12.4. The van der Waals surface area contributed by atoms with E-state index in [1.54, 1.807) is 0 Å². The molecule has 0 aromatic heterocycles. The Labute approximate surface area is 189 Å². The fraction of sp³-hybridized carbons (Fsp3) is 0.731. The summed E-state index contributed by atoms with van der Waals surface area (Å²) in [4.78, 5) is 15.5. The minimum absolute atomic E-state index is 0.0681. The first kappa shape index (κ1) is 25.7. The van der Waals surface area contributed by atoms with Gasteiger partial charge in [0.2, 0.25) is 0 Å². The fourth-order valence-electron chi connectivity index (χ4n) is 4.16. The van der Waals surface area contributed by atoms with E-state index in [0.29, 0.717) is 6.61 Å². The van der Waals surface area contributed by atoms with Crippen molar-refractivity contribution >= 4 is 11.6 Å². The summed E-state index contributed by atoms with van der Waals surface area (Å²) in [7, 11) is 0. The molecule has 2 atom stereocenters. The standard InChI is InChI=1S/C26H44N2O3/c1-5-7-8-16-26(4,31-19-6-2)25(29)27-23-12-14-24(15-13-23)30-20-10-18-28-17-9-11-22(3)21-28/h12-15,22H,5-11,16-21H2,1-4H3,(H,27,29). The first-order valence-corrected chi connectivity index (χ1v) is 12.4. The van der Waals surface area contributed by atoms with Gasteiger partial charge in [0.1, 0.15) is 11.4 Å². The molecule has 0 radical (unpaired) electrons. The number of likely N-dealkylation sites (tertiary alicyclic amines) is 1. The maximum absolute atomic E-state index is 12.9. The molecule has 1 aliphatic heterocycles. The van der Waals surface area contributed by atoms with Crippen LogP contribution in [0, 0.1) is 5.92 Å². The highest BCUT2D eigenvalue weighted by Gasteiger charge is 2.33. The number of nitrogens with zero attached hydrogens (tertiary/aromatic N) is 1. The van der Waals surface area contributed by atoms with Gasteiger partial charge >= 0.3 is 0 Å². The summed E-state index contributed by atoms with van der Waals surface area (Å²) < 4.78 is 11.9. The number of carbonyl (C=O) groups excluding carboxylic acids is 1. The molecule has 5 heteroatoms. The number of benzene rings is 1. The summed E-state index contributed by atoms with van der Waals surface area (Å²) in [6.07, 6.45) is 8.59. The minimum Gasteiger partial charge on any atom is -0.494 e. The monoisotopic (exact) mass is 432 g/mol. The third-order valence-corrected chi connectivity index (χ3v) is 6.10. The Hall–Kier alpha value is -1.59. The van der Waals surface area contributed by atoms with Crippen molar-refractivity contribution in [1.82, 2.24) is 4.90 Å². The molecule has 1 aliphatic rings. The Bertz CT molecular complexity index is 634. The van der Waals surface area contributed by atoms with Crippen molar-refractivity contribution in [1.29, 1.82) is 0 Å². The predicted octanol–water partition coefficient (Wildman–Crippen LogP) is 5.89. The van der Waals surface area contributed by atoms with Crippen LogP contribution in [0.5, 0.6) is 5.75 Å². The molecule has 1 heterocycles. The zero-order valence-electron chi connectivity index (χ0n) is 20.3. The lowest BCUT2D eigenvalue weighted by Gasteiger charge is -2.30. The van der Waals surface area contributed by atoms with Crippen molar-refractivity contribution in [2.24, 2.45) is 5.92 Å².